The van der Waals surface area contributed by atoms with Crippen LogP contribution in [-0.2, 0) is 30.6 Å². The van der Waals surface area contributed by atoms with Crippen molar-refractivity contribution in [2.45, 2.75) is 38.6 Å². The van der Waals surface area contributed by atoms with E-state index in [0.29, 0.717) is 29.7 Å². The minimum absolute atomic E-state index is 0.00492. The Morgan fingerprint density at radius 3 is 2.50 bits per heavy atom. The number of aliphatic carboxylic acids is 1. The predicted molar refractivity (Wildman–Crippen MR) is 152 cm³/mol. The fourth-order valence-corrected chi connectivity index (χ4v) is 5.91. The van der Waals surface area contributed by atoms with Crippen molar-refractivity contribution in [3.63, 3.8) is 0 Å². The number of thiophene rings is 1. The van der Waals surface area contributed by atoms with Gasteiger partial charge in [-0.3, -0.25) is 4.79 Å². The second-order valence-corrected chi connectivity index (χ2v) is 10.4. The van der Waals surface area contributed by atoms with Gasteiger partial charge in [0.25, 0.3) is 0 Å². The molecule has 10 heteroatoms. The summed E-state index contributed by atoms with van der Waals surface area (Å²) in [7, 11) is 1.60. The maximum Gasteiger partial charge on any atom is 0.307 e. The predicted octanol–water partition coefficient (Wildman–Crippen LogP) is 5.08. The van der Waals surface area contributed by atoms with Crippen molar-refractivity contribution in [2.24, 2.45) is 5.73 Å². The lowest BCUT2D eigenvalue weighted by atomic mass is 9.97. The summed E-state index contributed by atoms with van der Waals surface area (Å²) in [5.41, 5.74) is 8.78. The van der Waals surface area contributed by atoms with Crippen LogP contribution in [-0.4, -0.2) is 46.4 Å². The minimum Gasteiger partial charge on any atom is -0.495 e. The maximum absolute atomic E-state index is 11.0. The zero-order chi connectivity index (χ0) is 27.1. The fourth-order valence-electron chi connectivity index (χ4n) is 4.37. The van der Waals surface area contributed by atoms with Gasteiger partial charge in [-0.25, -0.2) is 9.97 Å². The number of nitrogens with zero attached hydrogens (tertiary/aromatic N) is 2. The van der Waals surface area contributed by atoms with Crippen LogP contribution in [0.15, 0.2) is 42.5 Å². The van der Waals surface area contributed by atoms with Gasteiger partial charge < -0.3 is 26.0 Å². The lowest BCUT2D eigenvalue weighted by molar-refractivity contribution is -0.136. The van der Waals surface area contributed by atoms with Crippen molar-refractivity contribution < 1.29 is 19.7 Å². The Bertz CT molecular complexity index is 1410. The molecule has 1 aliphatic rings. The van der Waals surface area contributed by atoms with Gasteiger partial charge in [-0.1, -0.05) is 41.9 Å². The lowest BCUT2D eigenvalue weighted by Gasteiger charge is -2.14. The number of nitrogens with two attached hydrogens (primary N) is 1. The van der Waals surface area contributed by atoms with E-state index in [2.05, 4.69) is 5.32 Å². The number of carbonyl (C=O) groups is 1. The average molecular weight is 555 g/mol. The molecule has 0 saturated carbocycles. The second kappa shape index (κ2) is 13.0. The number of aromatic nitrogens is 2. The molecule has 0 amide bonds. The van der Waals surface area contributed by atoms with Crippen LogP contribution in [0.4, 0.5) is 5.82 Å². The molecule has 38 heavy (non-hydrogen) atoms. The Morgan fingerprint density at radius 1 is 1.13 bits per heavy atom. The van der Waals surface area contributed by atoms with Gasteiger partial charge in [0.05, 0.1) is 30.5 Å². The Balaban J connectivity index is 0.000000786. The number of halogens is 1. The molecule has 2 heterocycles. The first-order chi connectivity index (χ1) is 18.4. The normalized spacial score (nSPS) is 12.4. The van der Waals surface area contributed by atoms with Crippen molar-refractivity contribution in [3.05, 3.63) is 69.1 Å². The van der Waals surface area contributed by atoms with Crippen molar-refractivity contribution in [2.75, 3.05) is 25.6 Å². The Kier molecular flexibility index (Phi) is 9.52. The summed E-state index contributed by atoms with van der Waals surface area (Å²) in [6.07, 6.45) is 4.51. The van der Waals surface area contributed by atoms with Crippen LogP contribution in [0.1, 0.15) is 34.4 Å². The Morgan fingerprint density at radius 2 is 1.84 bits per heavy atom. The van der Waals surface area contributed by atoms with Gasteiger partial charge >= 0.3 is 5.97 Å². The number of nitrogens with one attached hydrogen (secondary N) is 1. The largest absolute Gasteiger partial charge is 0.495 e. The number of fused-ring (bicyclic) bond motifs is 3. The number of aliphatic hydroxyl groups is 1. The van der Waals surface area contributed by atoms with Crippen LogP contribution in [0.3, 0.4) is 0 Å². The molecule has 200 valence electrons. The summed E-state index contributed by atoms with van der Waals surface area (Å²) in [6, 6.07) is 13.2. The van der Waals surface area contributed by atoms with E-state index in [9.17, 15) is 4.79 Å². The Hall–Kier alpha value is -3.24. The monoisotopic (exact) mass is 554 g/mol. The van der Waals surface area contributed by atoms with Gasteiger partial charge in [0, 0.05) is 23.5 Å². The standard InChI is InChI=1S/C26H24ClN3O3S.C2H7NO/c1-33-20-11-8-16(12-19(20)27)14-28-25-23-18-4-2-3-5-21(18)34-26(23)30-24(29-25)17-9-6-15(7-10-17)13-22(31)32;3-1-2-4/h6-12H,2-5,13-14H2,1H3,(H,31,32)(H,28,29,30);4H,1-3H2. The van der Waals surface area contributed by atoms with Crippen molar-refractivity contribution in [3.8, 4) is 17.1 Å². The summed E-state index contributed by atoms with van der Waals surface area (Å²) >= 11 is 8.08. The molecule has 5 rings (SSSR count). The first-order valence-electron chi connectivity index (χ1n) is 12.4. The molecule has 8 nitrogen and oxygen atoms in total. The van der Waals surface area contributed by atoms with Gasteiger partial charge in [0.1, 0.15) is 16.4 Å². The highest BCUT2D eigenvalue weighted by atomic mass is 35.5. The number of ether oxygens (including phenoxy) is 1. The number of carboxylic acids is 1. The molecule has 1 aliphatic carbocycles. The molecule has 4 aromatic rings. The van der Waals surface area contributed by atoms with Crippen LogP contribution in [0.2, 0.25) is 5.02 Å². The number of aryl methyl sites for hydroxylation is 2. The summed E-state index contributed by atoms with van der Waals surface area (Å²) in [5.74, 6) is 1.25. The van der Waals surface area contributed by atoms with Crippen LogP contribution in [0.5, 0.6) is 5.75 Å². The third-order valence-electron chi connectivity index (χ3n) is 6.19. The SMILES string of the molecule is COc1ccc(CNc2nc(-c3ccc(CC(=O)O)cc3)nc3sc4c(c23)CCCC4)cc1Cl.NCCO. The van der Waals surface area contributed by atoms with E-state index in [4.69, 9.17) is 42.3 Å². The average Bonchev–Trinajstić information content (AvgIpc) is 3.31. The van der Waals surface area contributed by atoms with Gasteiger partial charge in [-0.2, -0.15) is 0 Å². The fraction of sp³-hybridized carbons (Fsp3) is 0.321. The minimum atomic E-state index is -0.847. The molecule has 0 saturated heterocycles. The Labute approximate surface area is 230 Å². The number of carboxylic acid groups (broad SMARTS) is 1. The smallest absolute Gasteiger partial charge is 0.307 e. The van der Waals surface area contributed by atoms with Crippen molar-refractivity contribution in [1.82, 2.24) is 9.97 Å². The quantitative estimate of drug-likeness (QED) is 0.237. The summed E-state index contributed by atoms with van der Waals surface area (Å²) in [6.45, 7) is 1.04. The third-order valence-corrected chi connectivity index (χ3v) is 7.67. The van der Waals surface area contributed by atoms with Gasteiger partial charge in [0.2, 0.25) is 0 Å². The number of hydrogen-bond donors (Lipinski definition) is 4. The van der Waals surface area contributed by atoms with Crippen LogP contribution >= 0.6 is 22.9 Å². The van der Waals surface area contributed by atoms with Crippen molar-refractivity contribution >= 4 is 44.9 Å². The van der Waals surface area contributed by atoms with Crippen LogP contribution < -0.4 is 15.8 Å². The number of methoxy groups -OCH3 is 1. The molecular formula is C28H31ClN4O4S. The highest BCUT2D eigenvalue weighted by Gasteiger charge is 2.21. The molecule has 0 radical (unpaired) electrons. The number of rotatable bonds is 8. The van der Waals surface area contributed by atoms with Gasteiger partial charge in [-0.05, 0) is 54.5 Å². The zero-order valence-corrected chi connectivity index (χ0v) is 22.7. The van der Waals surface area contributed by atoms with Crippen LogP contribution in [0.25, 0.3) is 21.6 Å². The molecule has 0 bridgehead atoms. The first kappa shape index (κ1) is 27.8. The summed E-state index contributed by atoms with van der Waals surface area (Å²) in [5, 5.41) is 22.0. The third kappa shape index (κ3) is 6.60. The molecule has 0 spiro atoms. The van der Waals surface area contributed by atoms with E-state index in [1.54, 1.807) is 18.4 Å². The number of aliphatic hydroxyl groups excluding tert-OH is 1. The molecule has 0 unspecified atom stereocenters. The molecule has 5 N–H and O–H groups in total. The van der Waals surface area contributed by atoms with E-state index in [-0.39, 0.29) is 13.0 Å². The molecule has 2 aromatic heterocycles. The maximum atomic E-state index is 11.0. The second-order valence-electron chi connectivity index (χ2n) is 8.89. The molecule has 2 aromatic carbocycles. The number of hydrogen-bond acceptors (Lipinski definition) is 8. The van der Waals surface area contributed by atoms with Gasteiger partial charge in [0.15, 0.2) is 5.82 Å². The summed E-state index contributed by atoms with van der Waals surface area (Å²) in [4.78, 5) is 23.2. The van der Waals surface area contributed by atoms with E-state index in [1.807, 2.05) is 42.5 Å². The van der Waals surface area contributed by atoms with E-state index in [0.717, 1.165) is 45.6 Å². The topological polar surface area (TPSA) is 131 Å². The zero-order valence-electron chi connectivity index (χ0n) is 21.2. The molecule has 0 fully saturated rings. The highest BCUT2D eigenvalue weighted by molar-refractivity contribution is 7.19. The summed E-state index contributed by atoms with van der Waals surface area (Å²) < 4.78 is 5.26. The molecule has 0 atom stereocenters. The van der Waals surface area contributed by atoms with Crippen molar-refractivity contribution in [1.29, 1.82) is 0 Å². The lowest BCUT2D eigenvalue weighted by Crippen LogP contribution is -2.06. The van der Waals surface area contributed by atoms with E-state index < -0.39 is 5.97 Å². The molecular weight excluding hydrogens is 524 g/mol. The van der Waals surface area contributed by atoms with E-state index >= 15 is 0 Å². The van der Waals surface area contributed by atoms with Crippen LogP contribution in [0, 0.1) is 0 Å². The van der Waals surface area contributed by atoms with E-state index in [1.165, 1.54) is 23.3 Å². The number of anilines is 1. The first-order valence-corrected chi connectivity index (χ1v) is 13.6. The number of benzene rings is 2. The molecule has 0 aliphatic heterocycles. The van der Waals surface area contributed by atoms with Gasteiger partial charge in [-0.15, -0.1) is 11.3 Å². The highest BCUT2D eigenvalue weighted by Crippen LogP contribution is 2.40.